The molecule has 3 aromatic rings. The van der Waals surface area contributed by atoms with Gasteiger partial charge in [-0.25, -0.2) is 0 Å². The minimum atomic E-state index is -0.899. The van der Waals surface area contributed by atoms with Crippen LogP contribution in [0.2, 0.25) is 0 Å². The second kappa shape index (κ2) is 9.68. The van der Waals surface area contributed by atoms with Crippen molar-refractivity contribution in [1.29, 1.82) is 0 Å². The van der Waals surface area contributed by atoms with Gasteiger partial charge in [-0.1, -0.05) is 97.9 Å². The van der Waals surface area contributed by atoms with Gasteiger partial charge < -0.3 is 10.0 Å². The standard InChI is InChI=1S/C26H31NO/c1-22(21-27(2)19-18-23-12-6-3-7-13-23)26(28,25-16-10-5-11-17-25)20-24-14-8-4-9-15-24/h3-17,22,28H,18-21H2,1-2H3/t22-,26+/m0/s1. The van der Waals surface area contributed by atoms with Gasteiger partial charge in [0.15, 0.2) is 0 Å². The van der Waals surface area contributed by atoms with Gasteiger partial charge in [-0.15, -0.1) is 0 Å². The van der Waals surface area contributed by atoms with E-state index in [0.717, 1.165) is 30.6 Å². The molecule has 0 heterocycles. The number of aliphatic hydroxyl groups is 1. The molecule has 146 valence electrons. The molecule has 3 aromatic carbocycles. The first-order valence-electron chi connectivity index (χ1n) is 10.1. The topological polar surface area (TPSA) is 23.5 Å². The number of likely N-dealkylation sites (N-methyl/N-ethyl adjacent to an activating group) is 1. The smallest absolute Gasteiger partial charge is 0.0974 e. The third-order valence-corrected chi connectivity index (χ3v) is 5.62. The molecule has 2 heteroatoms. The fourth-order valence-corrected chi connectivity index (χ4v) is 3.87. The molecule has 2 atom stereocenters. The van der Waals surface area contributed by atoms with Gasteiger partial charge in [-0.3, -0.25) is 0 Å². The number of nitrogens with zero attached hydrogens (tertiary/aromatic N) is 1. The maximum absolute atomic E-state index is 11.8. The molecule has 0 radical (unpaired) electrons. The van der Waals surface area contributed by atoms with Crippen molar-refractivity contribution in [1.82, 2.24) is 4.90 Å². The zero-order chi connectivity index (χ0) is 19.8. The highest BCUT2D eigenvalue weighted by Crippen LogP contribution is 2.34. The Hall–Kier alpha value is -2.42. The Labute approximate surface area is 169 Å². The maximum Gasteiger partial charge on any atom is 0.0974 e. The highest BCUT2D eigenvalue weighted by atomic mass is 16.3. The van der Waals surface area contributed by atoms with Crippen LogP contribution < -0.4 is 0 Å². The van der Waals surface area contributed by atoms with E-state index in [1.165, 1.54) is 5.56 Å². The highest BCUT2D eigenvalue weighted by molar-refractivity contribution is 5.28. The zero-order valence-electron chi connectivity index (χ0n) is 17.0. The summed E-state index contributed by atoms with van der Waals surface area (Å²) in [7, 11) is 2.15. The summed E-state index contributed by atoms with van der Waals surface area (Å²) >= 11 is 0. The summed E-state index contributed by atoms with van der Waals surface area (Å²) < 4.78 is 0. The second-order valence-corrected chi connectivity index (χ2v) is 7.85. The van der Waals surface area contributed by atoms with E-state index in [9.17, 15) is 5.11 Å². The van der Waals surface area contributed by atoms with E-state index in [2.05, 4.69) is 61.3 Å². The van der Waals surface area contributed by atoms with Gasteiger partial charge in [0.05, 0.1) is 5.60 Å². The van der Waals surface area contributed by atoms with Crippen LogP contribution in [0.1, 0.15) is 23.6 Å². The van der Waals surface area contributed by atoms with Crippen molar-refractivity contribution in [2.45, 2.75) is 25.4 Å². The van der Waals surface area contributed by atoms with Crippen molar-refractivity contribution in [2.75, 3.05) is 20.1 Å². The molecule has 2 nitrogen and oxygen atoms in total. The van der Waals surface area contributed by atoms with Crippen LogP contribution in [0.15, 0.2) is 91.0 Å². The molecular weight excluding hydrogens is 342 g/mol. The Bertz CT molecular complexity index is 819. The average Bonchev–Trinajstić information content (AvgIpc) is 2.74. The van der Waals surface area contributed by atoms with Crippen LogP contribution in [0.4, 0.5) is 0 Å². The molecule has 28 heavy (non-hydrogen) atoms. The first kappa shape index (κ1) is 20.3. The van der Waals surface area contributed by atoms with Crippen LogP contribution in [0, 0.1) is 5.92 Å². The van der Waals surface area contributed by atoms with E-state index in [-0.39, 0.29) is 5.92 Å². The maximum atomic E-state index is 11.8. The number of hydrogen-bond donors (Lipinski definition) is 1. The predicted octanol–water partition coefficient (Wildman–Crippen LogP) is 4.93. The number of rotatable bonds is 9. The van der Waals surface area contributed by atoms with E-state index in [4.69, 9.17) is 0 Å². The van der Waals surface area contributed by atoms with Gasteiger partial charge >= 0.3 is 0 Å². The average molecular weight is 374 g/mol. The molecule has 0 unspecified atom stereocenters. The molecule has 0 aliphatic rings. The van der Waals surface area contributed by atoms with Crippen molar-refractivity contribution < 1.29 is 5.11 Å². The molecule has 0 fully saturated rings. The van der Waals surface area contributed by atoms with Crippen LogP contribution in [-0.4, -0.2) is 30.1 Å². The fourth-order valence-electron chi connectivity index (χ4n) is 3.87. The Morgan fingerprint density at radius 1 is 0.786 bits per heavy atom. The first-order valence-corrected chi connectivity index (χ1v) is 10.1. The monoisotopic (exact) mass is 373 g/mol. The third kappa shape index (κ3) is 5.31. The lowest BCUT2D eigenvalue weighted by Crippen LogP contribution is -2.42. The highest BCUT2D eigenvalue weighted by Gasteiger charge is 2.36. The lowest BCUT2D eigenvalue weighted by atomic mass is 9.77. The summed E-state index contributed by atoms with van der Waals surface area (Å²) in [5, 5.41) is 11.8. The van der Waals surface area contributed by atoms with Gasteiger partial charge in [0, 0.05) is 25.4 Å². The predicted molar refractivity (Wildman–Crippen MR) is 117 cm³/mol. The van der Waals surface area contributed by atoms with Gasteiger partial charge in [0.1, 0.15) is 0 Å². The molecule has 0 saturated carbocycles. The van der Waals surface area contributed by atoms with Crippen molar-refractivity contribution >= 4 is 0 Å². The lowest BCUT2D eigenvalue weighted by molar-refractivity contribution is -0.0274. The second-order valence-electron chi connectivity index (χ2n) is 7.85. The van der Waals surface area contributed by atoms with Crippen LogP contribution in [0.3, 0.4) is 0 Å². The van der Waals surface area contributed by atoms with E-state index in [1.807, 2.05) is 48.5 Å². The lowest BCUT2D eigenvalue weighted by Gasteiger charge is -2.37. The Morgan fingerprint density at radius 2 is 1.29 bits per heavy atom. The van der Waals surface area contributed by atoms with E-state index in [0.29, 0.717) is 6.42 Å². The Balaban J connectivity index is 1.72. The van der Waals surface area contributed by atoms with Crippen molar-refractivity contribution in [2.24, 2.45) is 5.92 Å². The summed E-state index contributed by atoms with van der Waals surface area (Å²) in [5.74, 6) is 0.0934. The molecule has 3 rings (SSSR count). The summed E-state index contributed by atoms with van der Waals surface area (Å²) in [4.78, 5) is 2.33. The Morgan fingerprint density at radius 3 is 1.86 bits per heavy atom. The largest absolute Gasteiger partial charge is 0.384 e. The molecule has 0 aromatic heterocycles. The van der Waals surface area contributed by atoms with Crippen molar-refractivity contribution in [3.05, 3.63) is 108 Å². The van der Waals surface area contributed by atoms with Crippen LogP contribution in [0.5, 0.6) is 0 Å². The van der Waals surface area contributed by atoms with Crippen LogP contribution >= 0.6 is 0 Å². The van der Waals surface area contributed by atoms with Gasteiger partial charge in [-0.05, 0) is 30.2 Å². The SMILES string of the molecule is C[C@@H](CN(C)CCc1ccccc1)[C@](O)(Cc1ccccc1)c1ccccc1. The minimum absolute atomic E-state index is 0.0934. The fraction of sp³-hybridized carbons (Fsp3) is 0.308. The van der Waals surface area contributed by atoms with Crippen molar-refractivity contribution in [3.63, 3.8) is 0 Å². The summed E-state index contributed by atoms with van der Waals surface area (Å²) in [5.41, 5.74) is 2.60. The normalized spacial score (nSPS) is 14.6. The van der Waals surface area contributed by atoms with Gasteiger partial charge in [0.25, 0.3) is 0 Å². The van der Waals surface area contributed by atoms with Crippen LogP contribution in [0.25, 0.3) is 0 Å². The summed E-state index contributed by atoms with van der Waals surface area (Å²) in [6.07, 6.45) is 1.64. The van der Waals surface area contributed by atoms with E-state index < -0.39 is 5.60 Å². The molecule has 0 spiro atoms. The van der Waals surface area contributed by atoms with E-state index >= 15 is 0 Å². The minimum Gasteiger partial charge on any atom is -0.384 e. The number of hydrogen-bond acceptors (Lipinski definition) is 2. The molecule has 0 aliphatic heterocycles. The molecule has 0 bridgehead atoms. The van der Waals surface area contributed by atoms with Crippen molar-refractivity contribution in [3.8, 4) is 0 Å². The van der Waals surface area contributed by atoms with Gasteiger partial charge in [0.2, 0.25) is 0 Å². The molecular formula is C26H31NO. The zero-order valence-corrected chi connectivity index (χ0v) is 17.0. The molecule has 0 saturated heterocycles. The molecule has 1 N–H and O–H groups in total. The van der Waals surface area contributed by atoms with Gasteiger partial charge in [-0.2, -0.15) is 0 Å². The number of benzene rings is 3. The first-order chi connectivity index (χ1) is 13.6. The quantitative estimate of drug-likeness (QED) is 0.575. The third-order valence-electron chi connectivity index (χ3n) is 5.62. The van der Waals surface area contributed by atoms with Crippen LogP contribution in [-0.2, 0) is 18.4 Å². The summed E-state index contributed by atoms with van der Waals surface area (Å²) in [6, 6.07) is 31.0. The summed E-state index contributed by atoms with van der Waals surface area (Å²) in [6.45, 7) is 3.98. The molecule has 0 aliphatic carbocycles. The molecule has 0 amide bonds. The van der Waals surface area contributed by atoms with E-state index in [1.54, 1.807) is 0 Å². The Kier molecular flexibility index (Phi) is 7.02.